The van der Waals surface area contributed by atoms with Crippen molar-refractivity contribution < 1.29 is 4.74 Å². The van der Waals surface area contributed by atoms with Crippen molar-refractivity contribution in [1.29, 1.82) is 0 Å². The lowest BCUT2D eigenvalue weighted by Crippen LogP contribution is -2.09. The van der Waals surface area contributed by atoms with E-state index in [2.05, 4.69) is 51.6 Å². The van der Waals surface area contributed by atoms with E-state index in [0.29, 0.717) is 16.1 Å². The standard InChI is InChI=1S/C13H18BrN3O/c1-13(2,6-4-8-18-3)7-5-10-12(15)17-11(14)9-16-10/h9H,4,6,8H2,1-3H3,(H2,15,17). The van der Waals surface area contributed by atoms with Crippen LogP contribution in [-0.2, 0) is 4.74 Å². The molecule has 0 amide bonds. The minimum atomic E-state index is -0.0836. The molecule has 1 rings (SSSR count). The molecule has 0 aliphatic rings. The van der Waals surface area contributed by atoms with Crippen molar-refractivity contribution in [3.63, 3.8) is 0 Å². The molecule has 0 aliphatic carbocycles. The summed E-state index contributed by atoms with van der Waals surface area (Å²) in [5, 5.41) is 0. The van der Waals surface area contributed by atoms with Crippen LogP contribution in [-0.4, -0.2) is 23.7 Å². The molecule has 0 saturated heterocycles. The number of hydrogen-bond acceptors (Lipinski definition) is 4. The molecule has 0 fully saturated rings. The summed E-state index contributed by atoms with van der Waals surface area (Å²) in [6.07, 6.45) is 3.55. The van der Waals surface area contributed by atoms with E-state index in [1.807, 2.05) is 0 Å². The fraction of sp³-hybridized carbons (Fsp3) is 0.538. The average molecular weight is 312 g/mol. The summed E-state index contributed by atoms with van der Waals surface area (Å²) in [4.78, 5) is 8.20. The van der Waals surface area contributed by atoms with Gasteiger partial charge in [0.2, 0.25) is 0 Å². The Hall–Kier alpha value is -1.12. The zero-order chi connectivity index (χ0) is 13.6. The van der Waals surface area contributed by atoms with E-state index in [1.54, 1.807) is 13.3 Å². The number of rotatable bonds is 4. The van der Waals surface area contributed by atoms with Gasteiger partial charge in [0.1, 0.15) is 4.60 Å². The molecule has 0 unspecified atom stereocenters. The van der Waals surface area contributed by atoms with E-state index in [0.717, 1.165) is 19.4 Å². The van der Waals surface area contributed by atoms with E-state index in [-0.39, 0.29) is 5.41 Å². The van der Waals surface area contributed by atoms with Crippen LogP contribution in [0.15, 0.2) is 10.8 Å². The predicted octanol–water partition coefficient (Wildman–Crippen LogP) is 2.63. The molecule has 98 valence electrons. The molecular weight excluding hydrogens is 294 g/mol. The van der Waals surface area contributed by atoms with Crippen molar-refractivity contribution >= 4 is 21.7 Å². The van der Waals surface area contributed by atoms with Crippen LogP contribution in [0.5, 0.6) is 0 Å². The van der Waals surface area contributed by atoms with Gasteiger partial charge in [0, 0.05) is 19.1 Å². The number of nitrogen functional groups attached to an aromatic ring is 1. The number of anilines is 1. The number of halogens is 1. The SMILES string of the molecule is COCCCC(C)(C)C#Cc1ncc(Br)nc1N. The molecule has 1 aromatic rings. The van der Waals surface area contributed by atoms with E-state index >= 15 is 0 Å². The average Bonchev–Trinajstić information content (AvgIpc) is 2.28. The van der Waals surface area contributed by atoms with E-state index in [1.165, 1.54) is 0 Å². The van der Waals surface area contributed by atoms with Crippen molar-refractivity contribution in [1.82, 2.24) is 9.97 Å². The normalized spacial score (nSPS) is 10.9. The van der Waals surface area contributed by atoms with Gasteiger partial charge >= 0.3 is 0 Å². The zero-order valence-electron chi connectivity index (χ0n) is 11.0. The summed E-state index contributed by atoms with van der Waals surface area (Å²) in [5.41, 5.74) is 6.19. The molecule has 0 atom stereocenters. The van der Waals surface area contributed by atoms with Gasteiger partial charge in [0.25, 0.3) is 0 Å². The van der Waals surface area contributed by atoms with Crippen molar-refractivity contribution in [3.8, 4) is 11.8 Å². The summed E-state index contributed by atoms with van der Waals surface area (Å²) in [7, 11) is 1.71. The Kier molecular flexibility index (Phi) is 5.57. The van der Waals surface area contributed by atoms with Crippen LogP contribution in [0, 0.1) is 17.3 Å². The molecule has 18 heavy (non-hydrogen) atoms. The van der Waals surface area contributed by atoms with Crippen LogP contribution in [0.1, 0.15) is 32.4 Å². The molecule has 0 aliphatic heterocycles. The van der Waals surface area contributed by atoms with Gasteiger partial charge in [-0.15, -0.1) is 0 Å². The first-order valence-corrected chi connectivity index (χ1v) is 6.54. The van der Waals surface area contributed by atoms with Crippen molar-refractivity contribution in [2.75, 3.05) is 19.5 Å². The Bertz CT molecular complexity index is 463. The summed E-state index contributed by atoms with van der Waals surface area (Å²) in [5.74, 6) is 6.54. The maximum Gasteiger partial charge on any atom is 0.159 e. The van der Waals surface area contributed by atoms with Gasteiger partial charge in [-0.1, -0.05) is 5.92 Å². The van der Waals surface area contributed by atoms with Crippen molar-refractivity contribution in [3.05, 3.63) is 16.5 Å². The lowest BCUT2D eigenvalue weighted by molar-refractivity contribution is 0.184. The van der Waals surface area contributed by atoms with Crippen LogP contribution < -0.4 is 5.73 Å². The van der Waals surface area contributed by atoms with Gasteiger partial charge < -0.3 is 10.5 Å². The minimum Gasteiger partial charge on any atom is -0.385 e. The van der Waals surface area contributed by atoms with Gasteiger partial charge in [-0.25, -0.2) is 9.97 Å². The highest BCUT2D eigenvalue weighted by atomic mass is 79.9. The van der Waals surface area contributed by atoms with Crippen LogP contribution in [0.25, 0.3) is 0 Å². The molecular formula is C13H18BrN3O. The molecule has 0 saturated carbocycles. The third-order valence-electron chi connectivity index (χ3n) is 2.44. The quantitative estimate of drug-likeness (QED) is 0.686. The second-order valence-corrected chi connectivity index (χ2v) is 5.47. The largest absolute Gasteiger partial charge is 0.385 e. The van der Waals surface area contributed by atoms with Crippen LogP contribution >= 0.6 is 15.9 Å². The second kappa shape index (κ2) is 6.72. The van der Waals surface area contributed by atoms with Crippen LogP contribution in [0.3, 0.4) is 0 Å². The summed E-state index contributed by atoms with van der Waals surface area (Å²) < 4.78 is 5.65. The van der Waals surface area contributed by atoms with E-state index in [4.69, 9.17) is 10.5 Å². The number of aromatic nitrogens is 2. The summed E-state index contributed by atoms with van der Waals surface area (Å²) in [6.45, 7) is 4.95. The topological polar surface area (TPSA) is 61.0 Å². The first-order chi connectivity index (χ1) is 8.44. The number of hydrogen-bond donors (Lipinski definition) is 1. The molecule has 1 heterocycles. The number of ether oxygens (including phenoxy) is 1. The van der Waals surface area contributed by atoms with Crippen molar-refractivity contribution in [2.24, 2.45) is 5.41 Å². The van der Waals surface area contributed by atoms with Crippen LogP contribution in [0.2, 0.25) is 0 Å². The fourth-order valence-corrected chi connectivity index (χ4v) is 1.72. The highest BCUT2D eigenvalue weighted by Crippen LogP contribution is 2.21. The Morgan fingerprint density at radius 2 is 2.22 bits per heavy atom. The number of nitrogens with two attached hydrogens (primary N) is 1. The smallest absolute Gasteiger partial charge is 0.159 e. The molecule has 4 nitrogen and oxygen atoms in total. The number of methoxy groups -OCH3 is 1. The van der Waals surface area contributed by atoms with Gasteiger partial charge in [-0.2, -0.15) is 0 Å². The molecule has 1 aromatic heterocycles. The summed E-state index contributed by atoms with van der Waals surface area (Å²) in [6, 6.07) is 0. The lowest BCUT2D eigenvalue weighted by atomic mass is 9.88. The first-order valence-electron chi connectivity index (χ1n) is 5.75. The predicted molar refractivity (Wildman–Crippen MR) is 75.9 cm³/mol. The summed E-state index contributed by atoms with van der Waals surface area (Å²) >= 11 is 3.21. The van der Waals surface area contributed by atoms with Gasteiger partial charge in [-0.3, -0.25) is 0 Å². The second-order valence-electron chi connectivity index (χ2n) is 4.66. The fourth-order valence-electron chi connectivity index (χ4n) is 1.43. The van der Waals surface area contributed by atoms with Gasteiger partial charge in [-0.05, 0) is 48.5 Å². The Balaban J connectivity index is 2.74. The van der Waals surface area contributed by atoms with E-state index < -0.39 is 0 Å². The lowest BCUT2D eigenvalue weighted by Gasteiger charge is -2.16. The molecule has 2 N–H and O–H groups in total. The molecule has 0 aromatic carbocycles. The highest BCUT2D eigenvalue weighted by Gasteiger charge is 2.13. The third-order valence-corrected chi connectivity index (χ3v) is 2.82. The third kappa shape index (κ3) is 5.03. The maximum atomic E-state index is 5.75. The van der Waals surface area contributed by atoms with Gasteiger partial charge in [0.05, 0.1) is 6.20 Å². The molecule has 0 spiro atoms. The molecule has 5 heteroatoms. The Morgan fingerprint density at radius 3 is 2.83 bits per heavy atom. The molecule has 0 bridgehead atoms. The number of nitrogens with zero attached hydrogens (tertiary/aromatic N) is 2. The van der Waals surface area contributed by atoms with Crippen LogP contribution in [0.4, 0.5) is 5.82 Å². The maximum absolute atomic E-state index is 5.75. The monoisotopic (exact) mass is 311 g/mol. The van der Waals surface area contributed by atoms with Gasteiger partial charge in [0.15, 0.2) is 11.5 Å². The zero-order valence-corrected chi connectivity index (χ0v) is 12.5. The highest BCUT2D eigenvalue weighted by molar-refractivity contribution is 9.10. The van der Waals surface area contributed by atoms with E-state index in [9.17, 15) is 0 Å². The minimum absolute atomic E-state index is 0.0836. The Morgan fingerprint density at radius 1 is 1.50 bits per heavy atom. The molecule has 0 radical (unpaired) electrons. The first kappa shape index (κ1) is 14.9. The Labute approximate surface area is 116 Å². The van der Waals surface area contributed by atoms with Crippen molar-refractivity contribution in [2.45, 2.75) is 26.7 Å².